The fourth-order valence-corrected chi connectivity index (χ4v) is 8.68. The molecular weight excluding hydrogens is 624 g/mol. The molecule has 1 heterocycles. The van der Waals surface area contributed by atoms with Gasteiger partial charge in [-0.2, -0.15) is 0 Å². The second-order valence-corrected chi connectivity index (χ2v) is 14.6. The Balaban J connectivity index is 1.38. The molecule has 0 saturated carbocycles. The predicted molar refractivity (Wildman–Crippen MR) is 202 cm³/mol. The molecular formula is C43H47BrN2. The minimum absolute atomic E-state index is 0.0141. The third-order valence-corrected chi connectivity index (χ3v) is 11.2. The van der Waals surface area contributed by atoms with E-state index in [9.17, 15) is 0 Å². The van der Waals surface area contributed by atoms with E-state index in [2.05, 4.69) is 109 Å². The first-order chi connectivity index (χ1) is 22.6. The smallest absolute Gasteiger partial charge is 0.0979 e. The molecule has 7 rings (SSSR count). The summed E-state index contributed by atoms with van der Waals surface area (Å²) in [5, 5.41) is 4.85. The number of unbranched alkanes of at least 4 members (excludes halogenated alkanes) is 10. The van der Waals surface area contributed by atoms with Crippen LogP contribution in [0.5, 0.6) is 0 Å². The van der Waals surface area contributed by atoms with Gasteiger partial charge in [0, 0.05) is 20.7 Å². The molecule has 1 aliphatic rings. The largest absolute Gasteiger partial charge is 0.244 e. The van der Waals surface area contributed by atoms with Crippen LogP contribution in [0.25, 0.3) is 54.7 Å². The van der Waals surface area contributed by atoms with Gasteiger partial charge in [-0.3, -0.25) is 0 Å². The van der Waals surface area contributed by atoms with Gasteiger partial charge >= 0.3 is 0 Å². The summed E-state index contributed by atoms with van der Waals surface area (Å²) in [5.41, 5.74) is 9.79. The van der Waals surface area contributed by atoms with Crippen molar-refractivity contribution in [1.29, 1.82) is 0 Å². The van der Waals surface area contributed by atoms with Crippen LogP contribution in [0.1, 0.15) is 115 Å². The average Bonchev–Trinajstić information content (AvgIpc) is 3.33. The van der Waals surface area contributed by atoms with E-state index in [0.29, 0.717) is 0 Å². The third-order valence-electron chi connectivity index (χ3n) is 10.7. The molecule has 0 atom stereocenters. The highest BCUT2D eigenvalue weighted by molar-refractivity contribution is 9.10. The number of nitrogens with zero attached hydrogens (tertiary/aromatic N) is 2. The molecule has 0 fully saturated rings. The quantitative estimate of drug-likeness (QED) is 0.0654. The predicted octanol–water partition coefficient (Wildman–Crippen LogP) is 13.6. The summed E-state index contributed by atoms with van der Waals surface area (Å²) in [5.74, 6) is 0. The van der Waals surface area contributed by atoms with Gasteiger partial charge in [0.05, 0.1) is 22.1 Å². The van der Waals surface area contributed by atoms with Gasteiger partial charge in [0.25, 0.3) is 0 Å². The number of halogens is 1. The molecule has 3 heteroatoms. The maximum absolute atomic E-state index is 5.47. The van der Waals surface area contributed by atoms with Crippen molar-refractivity contribution in [3.63, 3.8) is 0 Å². The van der Waals surface area contributed by atoms with Crippen LogP contribution in [0.3, 0.4) is 0 Å². The summed E-state index contributed by atoms with van der Waals surface area (Å²) < 4.78 is 1.18. The molecule has 236 valence electrons. The van der Waals surface area contributed by atoms with Gasteiger partial charge in [0.2, 0.25) is 0 Å². The van der Waals surface area contributed by atoms with E-state index < -0.39 is 0 Å². The molecule has 5 aromatic carbocycles. The van der Waals surface area contributed by atoms with E-state index in [4.69, 9.17) is 9.97 Å². The van der Waals surface area contributed by atoms with Crippen LogP contribution in [0, 0.1) is 0 Å². The summed E-state index contributed by atoms with van der Waals surface area (Å²) in [6, 6.07) is 29.2. The molecule has 0 N–H and O–H groups in total. The van der Waals surface area contributed by atoms with E-state index in [1.807, 2.05) is 0 Å². The zero-order valence-corrected chi connectivity index (χ0v) is 29.3. The topological polar surface area (TPSA) is 25.8 Å². The molecule has 1 aromatic heterocycles. The maximum Gasteiger partial charge on any atom is 0.0979 e. The molecule has 0 saturated heterocycles. The highest BCUT2D eigenvalue weighted by Crippen LogP contribution is 2.55. The lowest BCUT2D eigenvalue weighted by atomic mass is 9.70. The molecule has 1 aliphatic carbocycles. The lowest BCUT2D eigenvalue weighted by Crippen LogP contribution is -2.25. The second kappa shape index (κ2) is 13.8. The number of aromatic nitrogens is 2. The van der Waals surface area contributed by atoms with E-state index in [1.165, 1.54) is 138 Å². The zero-order chi connectivity index (χ0) is 31.5. The van der Waals surface area contributed by atoms with Crippen LogP contribution in [0.15, 0.2) is 83.3 Å². The van der Waals surface area contributed by atoms with Gasteiger partial charge in [0.15, 0.2) is 0 Å². The van der Waals surface area contributed by atoms with Crippen LogP contribution in [0.2, 0.25) is 0 Å². The Morgan fingerprint density at radius 2 is 0.978 bits per heavy atom. The lowest BCUT2D eigenvalue weighted by molar-refractivity contribution is 0.398. The number of rotatable bonds is 14. The zero-order valence-electron chi connectivity index (χ0n) is 27.7. The van der Waals surface area contributed by atoms with Crippen molar-refractivity contribution in [2.24, 2.45) is 0 Å². The van der Waals surface area contributed by atoms with Crippen molar-refractivity contribution in [3.05, 3.63) is 94.5 Å². The fraction of sp³-hybridized carbons (Fsp3) is 0.395. The number of hydrogen-bond donors (Lipinski definition) is 0. The molecule has 0 unspecified atom stereocenters. The highest BCUT2D eigenvalue weighted by Gasteiger charge is 2.42. The summed E-state index contributed by atoms with van der Waals surface area (Å²) in [7, 11) is 0. The van der Waals surface area contributed by atoms with Gasteiger partial charge in [-0.25, -0.2) is 9.97 Å². The highest BCUT2D eigenvalue weighted by atomic mass is 79.9. The number of benzene rings is 5. The van der Waals surface area contributed by atoms with Crippen LogP contribution in [0.4, 0.5) is 0 Å². The van der Waals surface area contributed by atoms with Gasteiger partial charge in [-0.05, 0) is 70.1 Å². The standard InChI is InChI=1S/C43H47BrN2/c1-3-5-7-9-11-17-25-43(26-18-12-10-8-6-4-2)37-27-30(44)23-24-33(37)36-28-39-40(29-38(36)43)46-42-35-22-16-14-20-32(35)31-19-13-15-21-34(31)41(42)45-39/h13-16,19-24,27-29H,3-12,17-18,25-26H2,1-2H3. The Labute approximate surface area is 283 Å². The van der Waals surface area contributed by atoms with Crippen molar-refractivity contribution in [1.82, 2.24) is 9.97 Å². The second-order valence-electron chi connectivity index (χ2n) is 13.7. The first-order valence-corrected chi connectivity index (χ1v) is 18.8. The van der Waals surface area contributed by atoms with Crippen LogP contribution < -0.4 is 0 Å². The average molecular weight is 672 g/mol. The van der Waals surface area contributed by atoms with Crippen molar-refractivity contribution < 1.29 is 0 Å². The lowest BCUT2D eigenvalue weighted by Gasteiger charge is -2.33. The maximum atomic E-state index is 5.47. The van der Waals surface area contributed by atoms with Crippen LogP contribution in [-0.4, -0.2) is 9.97 Å². The van der Waals surface area contributed by atoms with Crippen LogP contribution in [-0.2, 0) is 5.41 Å². The SMILES string of the molecule is CCCCCCCCC1(CCCCCCCC)c2cc(Br)ccc2-c2cc3nc4c5ccccc5c5ccccc5c4nc3cc21. The van der Waals surface area contributed by atoms with E-state index in [1.54, 1.807) is 0 Å². The van der Waals surface area contributed by atoms with Crippen molar-refractivity contribution in [3.8, 4) is 11.1 Å². The Hall–Kier alpha value is -3.30. The van der Waals surface area contributed by atoms with Gasteiger partial charge in [0.1, 0.15) is 0 Å². The fourth-order valence-electron chi connectivity index (χ4n) is 8.32. The Kier molecular flexibility index (Phi) is 9.41. The minimum atomic E-state index is 0.0141. The summed E-state index contributed by atoms with van der Waals surface area (Å²) in [4.78, 5) is 10.9. The Morgan fingerprint density at radius 1 is 0.500 bits per heavy atom. The summed E-state index contributed by atoms with van der Waals surface area (Å²) >= 11 is 3.88. The van der Waals surface area contributed by atoms with Gasteiger partial charge in [-0.15, -0.1) is 0 Å². The number of hydrogen-bond acceptors (Lipinski definition) is 2. The molecule has 46 heavy (non-hydrogen) atoms. The van der Waals surface area contributed by atoms with E-state index >= 15 is 0 Å². The van der Waals surface area contributed by atoms with Crippen molar-refractivity contribution in [2.45, 2.75) is 109 Å². The molecule has 2 nitrogen and oxygen atoms in total. The molecule has 0 bridgehead atoms. The summed E-state index contributed by atoms with van der Waals surface area (Å²) in [6.45, 7) is 4.61. The molecule has 0 aliphatic heterocycles. The van der Waals surface area contributed by atoms with Gasteiger partial charge < -0.3 is 0 Å². The Bertz CT molecular complexity index is 1990. The van der Waals surface area contributed by atoms with Crippen LogP contribution >= 0.6 is 15.9 Å². The first-order valence-electron chi connectivity index (χ1n) is 18.0. The molecule has 0 spiro atoms. The minimum Gasteiger partial charge on any atom is -0.244 e. The van der Waals surface area contributed by atoms with Gasteiger partial charge in [-0.1, -0.05) is 161 Å². The Morgan fingerprint density at radius 3 is 1.54 bits per heavy atom. The van der Waals surface area contributed by atoms with Crippen molar-refractivity contribution in [2.75, 3.05) is 0 Å². The van der Waals surface area contributed by atoms with E-state index in [0.717, 1.165) is 22.1 Å². The number of fused-ring (bicyclic) bond motifs is 10. The monoisotopic (exact) mass is 670 g/mol. The third kappa shape index (κ3) is 5.74. The normalized spacial score (nSPS) is 13.6. The summed E-state index contributed by atoms with van der Waals surface area (Å²) in [6.07, 6.45) is 18.3. The molecule has 0 amide bonds. The van der Waals surface area contributed by atoms with E-state index in [-0.39, 0.29) is 5.41 Å². The first kappa shape index (κ1) is 31.3. The molecule has 6 aromatic rings. The van der Waals surface area contributed by atoms with Crippen molar-refractivity contribution >= 4 is 59.5 Å². The molecule has 0 radical (unpaired) electrons.